The first-order valence-electron chi connectivity index (χ1n) is 9.08. The molecule has 2 aromatic carbocycles. The van der Waals surface area contributed by atoms with Gasteiger partial charge < -0.3 is 19.2 Å². The van der Waals surface area contributed by atoms with Crippen molar-refractivity contribution in [1.29, 1.82) is 0 Å². The Hall–Kier alpha value is -2.77. The highest BCUT2D eigenvalue weighted by molar-refractivity contribution is 7.20. The predicted molar refractivity (Wildman–Crippen MR) is 114 cm³/mol. The Morgan fingerprint density at radius 1 is 1.41 bits per heavy atom. The number of thiophene rings is 1. The third-order valence-corrected chi connectivity index (χ3v) is 6.72. The zero-order valence-electron chi connectivity index (χ0n) is 15.7. The molecule has 1 aliphatic rings. The Labute approximate surface area is 175 Å². The van der Waals surface area contributed by atoms with Crippen molar-refractivity contribution in [1.82, 2.24) is 4.98 Å². The van der Waals surface area contributed by atoms with Crippen molar-refractivity contribution in [2.24, 2.45) is 0 Å². The summed E-state index contributed by atoms with van der Waals surface area (Å²) in [6.45, 7) is 2.16. The van der Waals surface area contributed by atoms with E-state index in [0.717, 1.165) is 21.4 Å². The van der Waals surface area contributed by atoms with E-state index in [1.807, 2.05) is 24.3 Å². The summed E-state index contributed by atoms with van der Waals surface area (Å²) in [4.78, 5) is 20.1. The van der Waals surface area contributed by atoms with Gasteiger partial charge in [0.25, 0.3) is 5.91 Å². The SMILES string of the molecule is COc1ccc2sc(C(=O)N3CC(CCl)c4c3cc(O)c3oc(C)nc43)cc2c1. The normalized spacial score (nSPS) is 16.0. The quantitative estimate of drug-likeness (QED) is 0.462. The number of alkyl halides is 1. The van der Waals surface area contributed by atoms with Gasteiger partial charge in [0.15, 0.2) is 17.2 Å². The average Bonchev–Trinajstić information content (AvgIpc) is 3.40. The Balaban J connectivity index is 1.62. The van der Waals surface area contributed by atoms with Crippen LogP contribution in [0.15, 0.2) is 34.7 Å². The van der Waals surface area contributed by atoms with E-state index >= 15 is 0 Å². The monoisotopic (exact) mass is 428 g/mol. The number of phenols is 1. The van der Waals surface area contributed by atoms with Gasteiger partial charge in [0.05, 0.1) is 17.7 Å². The molecule has 5 rings (SSSR count). The Morgan fingerprint density at radius 2 is 2.24 bits per heavy atom. The zero-order valence-corrected chi connectivity index (χ0v) is 17.3. The van der Waals surface area contributed by atoms with Gasteiger partial charge in [0.1, 0.15) is 11.3 Å². The van der Waals surface area contributed by atoms with Gasteiger partial charge in [-0.25, -0.2) is 4.98 Å². The molecular weight excluding hydrogens is 412 g/mol. The highest BCUT2D eigenvalue weighted by Gasteiger charge is 2.37. The number of oxazole rings is 1. The smallest absolute Gasteiger partial charge is 0.268 e. The minimum atomic E-state index is -0.127. The summed E-state index contributed by atoms with van der Waals surface area (Å²) in [5.74, 6) is 1.30. The van der Waals surface area contributed by atoms with Gasteiger partial charge in [-0.3, -0.25) is 4.79 Å². The van der Waals surface area contributed by atoms with Crippen LogP contribution in [0.25, 0.3) is 21.2 Å². The van der Waals surface area contributed by atoms with Crippen molar-refractivity contribution in [3.8, 4) is 11.5 Å². The van der Waals surface area contributed by atoms with Crippen LogP contribution in [0.2, 0.25) is 0 Å². The molecule has 2 aromatic heterocycles. The van der Waals surface area contributed by atoms with Gasteiger partial charge in [-0.2, -0.15) is 0 Å². The van der Waals surface area contributed by atoms with Crippen LogP contribution in [0, 0.1) is 6.92 Å². The van der Waals surface area contributed by atoms with Gasteiger partial charge in [0.2, 0.25) is 0 Å². The van der Waals surface area contributed by atoms with Gasteiger partial charge in [-0.15, -0.1) is 22.9 Å². The molecule has 0 saturated heterocycles. The molecule has 1 aliphatic heterocycles. The van der Waals surface area contributed by atoms with Crippen molar-refractivity contribution in [2.75, 3.05) is 24.4 Å². The number of halogens is 1. The second kappa shape index (κ2) is 6.64. The minimum absolute atomic E-state index is 0.0338. The molecule has 0 aliphatic carbocycles. The largest absolute Gasteiger partial charge is 0.504 e. The molecule has 0 spiro atoms. The van der Waals surface area contributed by atoms with E-state index in [1.165, 1.54) is 11.3 Å². The fraction of sp³-hybridized carbons (Fsp3) is 0.238. The number of aromatic hydroxyl groups is 1. The van der Waals surface area contributed by atoms with E-state index in [0.29, 0.717) is 40.0 Å². The number of nitrogens with zero attached hydrogens (tertiary/aromatic N) is 2. The first kappa shape index (κ1) is 18.3. The molecule has 0 bridgehead atoms. The molecule has 0 fully saturated rings. The number of methoxy groups -OCH3 is 1. The summed E-state index contributed by atoms with van der Waals surface area (Å²) >= 11 is 7.66. The molecule has 6 nitrogen and oxygen atoms in total. The highest BCUT2D eigenvalue weighted by Crippen LogP contribution is 2.46. The summed E-state index contributed by atoms with van der Waals surface area (Å²) in [6, 6.07) is 9.18. The number of fused-ring (bicyclic) bond motifs is 4. The zero-order chi connectivity index (χ0) is 20.3. The average molecular weight is 429 g/mol. The number of aryl methyl sites for hydroxylation is 1. The van der Waals surface area contributed by atoms with Crippen LogP contribution in [-0.4, -0.2) is 35.5 Å². The lowest BCUT2D eigenvalue weighted by molar-refractivity contribution is 0.0992. The molecule has 1 amide bonds. The standard InChI is InChI=1S/C21H17ClN2O4S/c1-10-23-19-18-12(8-22)9-24(14(18)7-15(25)20(19)28-10)21(26)17-6-11-5-13(27-2)3-4-16(11)29-17/h3-7,12,25H,8-9H2,1-2H3. The van der Waals surface area contributed by atoms with Crippen molar-refractivity contribution in [3.63, 3.8) is 0 Å². The van der Waals surface area contributed by atoms with Gasteiger partial charge in [-0.1, -0.05) is 0 Å². The number of hydrogen-bond acceptors (Lipinski definition) is 6. The lowest BCUT2D eigenvalue weighted by atomic mass is 10.0. The molecule has 29 heavy (non-hydrogen) atoms. The number of anilines is 1. The summed E-state index contributed by atoms with van der Waals surface area (Å²) in [6.07, 6.45) is 0. The number of hydrogen-bond donors (Lipinski definition) is 1. The number of rotatable bonds is 3. The number of ether oxygens (including phenoxy) is 1. The van der Waals surface area contributed by atoms with E-state index in [1.54, 1.807) is 25.0 Å². The maximum atomic E-state index is 13.4. The number of carbonyl (C=O) groups is 1. The van der Waals surface area contributed by atoms with Crippen molar-refractivity contribution in [3.05, 3.63) is 46.7 Å². The molecule has 1 unspecified atom stereocenters. The van der Waals surface area contributed by atoms with Gasteiger partial charge in [0, 0.05) is 41.6 Å². The van der Waals surface area contributed by atoms with Crippen LogP contribution in [-0.2, 0) is 0 Å². The van der Waals surface area contributed by atoms with E-state index in [4.69, 9.17) is 20.8 Å². The summed E-state index contributed by atoms with van der Waals surface area (Å²) in [7, 11) is 1.62. The van der Waals surface area contributed by atoms with Gasteiger partial charge in [-0.05, 0) is 29.7 Å². The third kappa shape index (κ3) is 2.76. The van der Waals surface area contributed by atoms with Crippen molar-refractivity contribution >= 4 is 55.7 Å². The number of benzene rings is 2. The van der Waals surface area contributed by atoms with Crippen molar-refractivity contribution < 1.29 is 19.1 Å². The van der Waals surface area contributed by atoms with Crippen LogP contribution >= 0.6 is 22.9 Å². The Bertz CT molecular complexity index is 1280. The summed E-state index contributed by atoms with van der Waals surface area (Å²) < 4.78 is 11.8. The van der Waals surface area contributed by atoms with E-state index in [9.17, 15) is 9.90 Å². The second-order valence-corrected chi connectivity index (χ2v) is 8.41. The molecule has 3 heterocycles. The molecular formula is C21H17ClN2O4S. The number of carbonyl (C=O) groups excluding carboxylic acids is 1. The molecule has 0 saturated carbocycles. The second-order valence-electron chi connectivity index (χ2n) is 7.02. The van der Waals surface area contributed by atoms with Crippen LogP contribution in [0.3, 0.4) is 0 Å². The van der Waals surface area contributed by atoms with E-state index in [2.05, 4.69) is 4.98 Å². The Kier molecular flexibility index (Phi) is 4.18. The third-order valence-electron chi connectivity index (χ3n) is 5.24. The molecule has 4 aromatic rings. The molecule has 148 valence electrons. The van der Waals surface area contributed by atoms with Crippen LogP contribution in [0.5, 0.6) is 11.5 Å². The van der Waals surface area contributed by atoms with E-state index < -0.39 is 0 Å². The topological polar surface area (TPSA) is 75.8 Å². The van der Waals surface area contributed by atoms with E-state index in [-0.39, 0.29) is 17.6 Å². The first-order valence-corrected chi connectivity index (χ1v) is 10.4. The molecule has 1 N–H and O–H groups in total. The van der Waals surface area contributed by atoms with Crippen molar-refractivity contribution in [2.45, 2.75) is 12.8 Å². The lowest BCUT2D eigenvalue weighted by Gasteiger charge is -2.16. The fourth-order valence-corrected chi connectivity index (χ4v) is 5.16. The highest BCUT2D eigenvalue weighted by atomic mass is 35.5. The number of amides is 1. The van der Waals surface area contributed by atoms with Crippen LogP contribution in [0.4, 0.5) is 5.69 Å². The lowest BCUT2D eigenvalue weighted by Crippen LogP contribution is -2.29. The Morgan fingerprint density at radius 3 is 3.00 bits per heavy atom. The molecule has 8 heteroatoms. The molecule has 0 radical (unpaired) electrons. The molecule has 1 atom stereocenters. The summed E-state index contributed by atoms with van der Waals surface area (Å²) in [5, 5.41) is 11.4. The predicted octanol–water partition coefficient (Wildman–Crippen LogP) is 5.05. The maximum Gasteiger partial charge on any atom is 0.268 e. The number of phenolic OH excluding ortho intramolecular Hbond substituents is 1. The minimum Gasteiger partial charge on any atom is -0.504 e. The first-order chi connectivity index (χ1) is 14.0. The summed E-state index contributed by atoms with van der Waals surface area (Å²) in [5.41, 5.74) is 2.38. The number of aromatic nitrogens is 1. The maximum absolute atomic E-state index is 13.4. The van der Waals surface area contributed by atoms with Gasteiger partial charge >= 0.3 is 0 Å². The fourth-order valence-electron chi connectivity index (χ4n) is 3.92. The van der Waals surface area contributed by atoms with Crippen LogP contribution < -0.4 is 9.64 Å². The van der Waals surface area contributed by atoms with Crippen LogP contribution in [0.1, 0.15) is 27.0 Å².